The molecular weight excluding hydrogens is 694 g/mol. The molecule has 0 N–H and O–H groups in total. The van der Waals surface area contributed by atoms with Crippen molar-refractivity contribution >= 4 is 123 Å². The summed E-state index contributed by atoms with van der Waals surface area (Å²) >= 11 is 0.0846. The monoisotopic (exact) mass is 726 g/mol. The topological polar surface area (TPSA) is 8.82 Å². The Kier molecular flexibility index (Phi) is 4.39. The van der Waals surface area contributed by atoms with Gasteiger partial charge in [0, 0.05) is 0 Å². The van der Waals surface area contributed by atoms with E-state index < -0.39 is 0 Å². The summed E-state index contributed by atoms with van der Waals surface area (Å²) in [6.45, 7) is 10.2. The molecule has 7 heterocycles. The first kappa shape index (κ1) is 27.4. The van der Waals surface area contributed by atoms with Gasteiger partial charge in [0.25, 0.3) is 0 Å². The van der Waals surface area contributed by atoms with E-state index in [4.69, 9.17) is 0 Å². The predicted octanol–water partition coefficient (Wildman–Crippen LogP) is 7.75. The number of fused-ring (bicyclic) bond motifs is 14. The second-order valence-electron chi connectivity index (χ2n) is 16.8. The van der Waals surface area contributed by atoms with Gasteiger partial charge in [-0.3, -0.25) is 0 Å². The Morgan fingerprint density at radius 3 is 1.35 bits per heavy atom. The van der Waals surface area contributed by atoms with Crippen LogP contribution >= 0.6 is 0 Å². The van der Waals surface area contributed by atoms with Crippen LogP contribution in [0.5, 0.6) is 0 Å². The minimum absolute atomic E-state index is 0.0846. The molecule has 0 saturated heterocycles. The average molecular weight is 726 g/mol. The quantitative estimate of drug-likeness (QED) is 0.142. The average Bonchev–Trinajstić information content (AvgIpc) is 3.89. The second-order valence-corrected chi connectivity index (χ2v) is 18.9. The van der Waals surface area contributed by atoms with E-state index in [-0.39, 0.29) is 32.5 Å². The third kappa shape index (κ3) is 2.68. The van der Waals surface area contributed by atoms with Crippen molar-refractivity contribution in [3.63, 3.8) is 0 Å². The summed E-state index contributed by atoms with van der Waals surface area (Å²) in [5, 5.41) is 11.2. The van der Waals surface area contributed by atoms with Gasteiger partial charge in [-0.1, -0.05) is 0 Å². The number of hydrogen-bond donors (Lipinski definition) is 0. The van der Waals surface area contributed by atoms with Crippen LogP contribution in [-0.4, -0.2) is 30.5 Å². The van der Waals surface area contributed by atoms with Crippen molar-refractivity contribution in [2.45, 2.75) is 38.5 Å². The van der Waals surface area contributed by atoms with Crippen molar-refractivity contribution in [1.29, 1.82) is 0 Å². The van der Waals surface area contributed by atoms with E-state index in [1.54, 1.807) is 25.3 Å². The number of rotatable bonds is 0. The molecule has 0 radical (unpaired) electrons. The van der Waals surface area contributed by atoms with Crippen LogP contribution in [0.25, 0.3) is 76.2 Å². The number of nitrogens with zero attached hydrogens (tertiary/aromatic N) is 2. The van der Waals surface area contributed by atoms with Crippen LogP contribution in [0.2, 0.25) is 0 Å². The maximum atomic E-state index is 2.63. The van der Waals surface area contributed by atoms with E-state index >= 15 is 0 Å². The molecule has 52 heavy (non-hydrogen) atoms. The SMILES string of the molecule is CC1(C)c2cccc3c2B2c4c1cc1c(c4[Se]c4c2c(cc2c4c4cccc5c6ccccc6n2c54)C3(C)C)c2cccc3c4ccccc4n1c32. The Hall–Kier alpha value is -5.28. The molecular formula is C48H31BN2Se. The summed E-state index contributed by atoms with van der Waals surface area (Å²) in [6.07, 6.45) is 0. The first-order valence-electron chi connectivity index (χ1n) is 18.7. The van der Waals surface area contributed by atoms with Crippen molar-refractivity contribution < 1.29 is 0 Å². The Labute approximate surface area is 306 Å². The Morgan fingerprint density at radius 1 is 0.423 bits per heavy atom. The Balaban J connectivity index is 1.25. The van der Waals surface area contributed by atoms with Crippen LogP contribution in [-0.2, 0) is 10.8 Å². The summed E-state index contributed by atoms with van der Waals surface area (Å²) in [5.41, 5.74) is 18.8. The molecule has 2 nitrogen and oxygen atoms in total. The molecule has 0 saturated carbocycles. The molecule has 0 fully saturated rings. The van der Waals surface area contributed by atoms with E-state index in [2.05, 4.69) is 152 Å². The fraction of sp³-hybridized carbons (Fsp3) is 0.125. The molecule has 7 aromatic carbocycles. The van der Waals surface area contributed by atoms with Gasteiger partial charge in [0.15, 0.2) is 0 Å². The number of aromatic nitrogens is 2. The molecule has 0 bridgehead atoms. The van der Waals surface area contributed by atoms with E-state index in [9.17, 15) is 0 Å². The number of hydrogen-bond acceptors (Lipinski definition) is 0. The van der Waals surface area contributed by atoms with Crippen LogP contribution in [0.3, 0.4) is 0 Å². The van der Waals surface area contributed by atoms with Gasteiger partial charge in [-0.15, -0.1) is 0 Å². The van der Waals surface area contributed by atoms with Gasteiger partial charge < -0.3 is 0 Å². The Bertz CT molecular complexity index is 3280. The third-order valence-electron chi connectivity index (χ3n) is 13.9. The summed E-state index contributed by atoms with van der Waals surface area (Å²) in [5.74, 6) is 0. The van der Waals surface area contributed by atoms with E-state index in [1.807, 2.05) is 0 Å². The van der Waals surface area contributed by atoms with Gasteiger partial charge in [-0.2, -0.15) is 0 Å². The van der Waals surface area contributed by atoms with Crippen molar-refractivity contribution in [2.75, 3.05) is 0 Å². The third-order valence-corrected chi connectivity index (χ3v) is 16.5. The molecule has 11 aromatic rings. The van der Waals surface area contributed by atoms with Gasteiger partial charge in [-0.25, -0.2) is 0 Å². The number of para-hydroxylation sites is 4. The van der Waals surface area contributed by atoms with E-state index in [1.165, 1.54) is 98.4 Å². The number of benzene rings is 7. The van der Waals surface area contributed by atoms with Crippen LogP contribution in [0, 0.1) is 0 Å². The molecule has 242 valence electrons. The van der Waals surface area contributed by atoms with Crippen LogP contribution < -0.4 is 25.3 Å². The molecule has 14 rings (SSSR count). The van der Waals surface area contributed by atoms with Crippen LogP contribution in [0.1, 0.15) is 49.9 Å². The zero-order valence-corrected chi connectivity index (χ0v) is 31.1. The summed E-state index contributed by atoms with van der Waals surface area (Å²) in [7, 11) is 0. The van der Waals surface area contributed by atoms with Gasteiger partial charge in [-0.05, 0) is 0 Å². The molecule has 4 aromatic heterocycles. The molecule has 0 unspecified atom stereocenters. The molecule has 3 aliphatic rings. The van der Waals surface area contributed by atoms with Gasteiger partial charge in [0.05, 0.1) is 0 Å². The van der Waals surface area contributed by atoms with Crippen molar-refractivity contribution in [3.05, 3.63) is 138 Å². The first-order chi connectivity index (χ1) is 25.4. The summed E-state index contributed by atoms with van der Waals surface area (Å²) < 4.78 is 8.45. The first-order valence-corrected chi connectivity index (χ1v) is 20.4. The zero-order valence-electron chi connectivity index (χ0n) is 29.3. The van der Waals surface area contributed by atoms with Crippen LogP contribution in [0.15, 0.2) is 115 Å². The summed E-state index contributed by atoms with van der Waals surface area (Å²) in [4.78, 5) is 0. The molecule has 0 amide bonds. The minimum atomic E-state index is -0.126. The normalized spacial score (nSPS) is 16.7. The van der Waals surface area contributed by atoms with E-state index in [0.717, 1.165) is 0 Å². The fourth-order valence-corrected chi connectivity index (χ4v) is 14.9. The molecule has 3 aliphatic heterocycles. The van der Waals surface area contributed by atoms with E-state index in [0.29, 0.717) is 0 Å². The molecule has 0 spiro atoms. The van der Waals surface area contributed by atoms with Crippen molar-refractivity contribution in [1.82, 2.24) is 8.80 Å². The predicted molar refractivity (Wildman–Crippen MR) is 223 cm³/mol. The molecule has 0 atom stereocenters. The zero-order chi connectivity index (χ0) is 34.2. The van der Waals surface area contributed by atoms with Crippen molar-refractivity contribution in [3.8, 4) is 0 Å². The maximum absolute atomic E-state index is 2.63. The second kappa shape index (κ2) is 8.34. The fourth-order valence-electron chi connectivity index (χ4n) is 11.7. The van der Waals surface area contributed by atoms with Crippen LogP contribution in [0.4, 0.5) is 0 Å². The Morgan fingerprint density at radius 2 is 0.846 bits per heavy atom. The summed E-state index contributed by atoms with van der Waals surface area (Å²) in [6, 6.07) is 44.7. The van der Waals surface area contributed by atoms with Gasteiger partial charge in [0.2, 0.25) is 0 Å². The van der Waals surface area contributed by atoms with Gasteiger partial charge >= 0.3 is 308 Å². The molecule has 0 aliphatic carbocycles. The standard InChI is InChI=1S/C48H31BN2Se/c1-47(2)30-18-11-19-31-40(30)49-41-32(47)22-36-38(28-16-9-14-26-24-12-5-7-20-34(24)50(36)43(26)28)45(41)52-46-39-29-17-10-15-27-25-13-6-8-21-35(25)51(44(27)29)37(39)23-33(42(46)49)48(31,3)4/h5-23H,1-4H3. The molecule has 4 heteroatoms. The van der Waals surface area contributed by atoms with Crippen molar-refractivity contribution in [2.24, 2.45) is 0 Å². The van der Waals surface area contributed by atoms with Gasteiger partial charge in [0.1, 0.15) is 0 Å².